The molecule has 54 valence electrons. The van der Waals surface area contributed by atoms with E-state index in [4.69, 9.17) is 9.68 Å². The molecule has 0 fully saturated rings. The molecule has 9 heavy (non-hydrogen) atoms. The number of hydrogen-bond donors (Lipinski definition) is 1. The van der Waals surface area contributed by atoms with Gasteiger partial charge in [-0.1, -0.05) is 13.8 Å². The Kier molecular flexibility index (Phi) is 6.03. The van der Waals surface area contributed by atoms with Crippen LogP contribution in [0.4, 0.5) is 0 Å². The topological polar surface area (TPSA) is 32.7 Å². The molecular weight excluding hydrogens is 117 g/mol. The van der Waals surface area contributed by atoms with E-state index in [0.29, 0.717) is 6.73 Å². The molecule has 4 heteroatoms. The van der Waals surface area contributed by atoms with E-state index in [2.05, 4.69) is 18.7 Å². The summed E-state index contributed by atoms with van der Waals surface area (Å²) in [5.41, 5.74) is 0. The van der Waals surface area contributed by atoms with E-state index >= 15 is 0 Å². The van der Waals surface area contributed by atoms with Crippen LogP contribution in [0.2, 0.25) is 0 Å². The van der Waals surface area contributed by atoms with Crippen LogP contribution in [0.15, 0.2) is 0 Å². The van der Waals surface area contributed by atoms with Gasteiger partial charge in [-0.25, -0.2) is 0 Å². The van der Waals surface area contributed by atoms with Crippen LogP contribution >= 0.6 is 0 Å². The average molecular weight is 131 g/mol. The standard InChI is InChI=1S/C5H14BNO2/c1-3-7(4-2)5-9-6-8/h6,8H,3-5H2,1-2H3. The second-order valence-corrected chi connectivity index (χ2v) is 1.77. The minimum Gasteiger partial charge on any atom is -0.430 e. The molecule has 0 aliphatic carbocycles. The fourth-order valence-electron chi connectivity index (χ4n) is 0.576. The van der Waals surface area contributed by atoms with Crippen molar-refractivity contribution in [1.82, 2.24) is 4.90 Å². The second-order valence-electron chi connectivity index (χ2n) is 1.77. The molecule has 0 aromatic carbocycles. The summed E-state index contributed by atoms with van der Waals surface area (Å²) in [5, 5.41) is 8.26. The SMILES string of the molecule is CCN(CC)COBO. The van der Waals surface area contributed by atoms with Crippen LogP contribution in [0.25, 0.3) is 0 Å². The summed E-state index contributed by atoms with van der Waals surface area (Å²) in [7, 11) is -0.184. The molecule has 0 aromatic heterocycles. The van der Waals surface area contributed by atoms with Gasteiger partial charge in [0, 0.05) is 0 Å². The van der Waals surface area contributed by atoms with Gasteiger partial charge in [0.15, 0.2) is 0 Å². The lowest BCUT2D eigenvalue weighted by Gasteiger charge is -2.16. The Hall–Kier alpha value is -0.0551. The van der Waals surface area contributed by atoms with Crippen molar-refractivity contribution < 1.29 is 9.68 Å². The largest absolute Gasteiger partial charge is 0.436 e. The van der Waals surface area contributed by atoms with Crippen molar-refractivity contribution in [3.05, 3.63) is 0 Å². The maximum atomic E-state index is 8.26. The van der Waals surface area contributed by atoms with Gasteiger partial charge in [0.2, 0.25) is 0 Å². The Morgan fingerprint density at radius 2 is 2.00 bits per heavy atom. The van der Waals surface area contributed by atoms with Crippen LogP contribution in [0, 0.1) is 0 Å². The summed E-state index contributed by atoms with van der Waals surface area (Å²) in [6.07, 6.45) is 0. The van der Waals surface area contributed by atoms with Gasteiger partial charge in [-0.3, -0.25) is 4.90 Å². The van der Waals surface area contributed by atoms with Crippen molar-refractivity contribution in [3.8, 4) is 0 Å². The molecule has 0 unspecified atom stereocenters. The zero-order valence-corrected chi connectivity index (χ0v) is 6.13. The molecule has 0 atom stereocenters. The van der Waals surface area contributed by atoms with Gasteiger partial charge in [0.05, 0.1) is 6.73 Å². The monoisotopic (exact) mass is 131 g/mol. The van der Waals surface area contributed by atoms with Crippen molar-refractivity contribution >= 4 is 7.69 Å². The first-order chi connectivity index (χ1) is 4.35. The Labute approximate surface area is 56.9 Å². The highest BCUT2D eigenvalue weighted by atomic mass is 16.5. The smallest absolute Gasteiger partial charge is 0.430 e. The fourth-order valence-corrected chi connectivity index (χ4v) is 0.576. The third kappa shape index (κ3) is 4.45. The molecule has 0 aliphatic rings. The Morgan fingerprint density at radius 3 is 2.33 bits per heavy atom. The molecule has 0 saturated heterocycles. The molecule has 0 rings (SSSR count). The molecule has 0 aliphatic heterocycles. The highest BCUT2D eigenvalue weighted by Crippen LogP contribution is 1.84. The third-order valence-corrected chi connectivity index (χ3v) is 1.26. The number of nitrogens with zero attached hydrogens (tertiary/aromatic N) is 1. The van der Waals surface area contributed by atoms with E-state index in [1.165, 1.54) is 0 Å². The van der Waals surface area contributed by atoms with E-state index in [9.17, 15) is 0 Å². The van der Waals surface area contributed by atoms with Gasteiger partial charge in [-0.05, 0) is 13.1 Å². The minimum absolute atomic E-state index is 0.184. The van der Waals surface area contributed by atoms with E-state index < -0.39 is 0 Å². The second kappa shape index (κ2) is 6.07. The molecule has 1 N–H and O–H groups in total. The number of rotatable bonds is 5. The number of hydrogen-bond acceptors (Lipinski definition) is 3. The first-order valence-corrected chi connectivity index (χ1v) is 3.26. The molecule has 0 spiro atoms. The first kappa shape index (κ1) is 8.94. The van der Waals surface area contributed by atoms with Crippen molar-refractivity contribution in [2.45, 2.75) is 13.8 Å². The molecular formula is C5H14BNO2. The summed E-state index contributed by atoms with van der Waals surface area (Å²) in [6, 6.07) is 0. The van der Waals surface area contributed by atoms with Crippen LogP contribution in [-0.4, -0.2) is 37.4 Å². The van der Waals surface area contributed by atoms with E-state index in [1.54, 1.807) is 0 Å². The Balaban J connectivity index is 3.09. The van der Waals surface area contributed by atoms with Gasteiger partial charge in [0.25, 0.3) is 0 Å². The summed E-state index contributed by atoms with van der Waals surface area (Å²) < 4.78 is 4.76. The van der Waals surface area contributed by atoms with Crippen LogP contribution in [0.1, 0.15) is 13.8 Å². The van der Waals surface area contributed by atoms with Crippen LogP contribution < -0.4 is 0 Å². The van der Waals surface area contributed by atoms with Gasteiger partial charge in [-0.2, -0.15) is 0 Å². The van der Waals surface area contributed by atoms with E-state index in [0.717, 1.165) is 13.1 Å². The van der Waals surface area contributed by atoms with E-state index in [-0.39, 0.29) is 7.69 Å². The Bertz CT molecular complexity index is 58.9. The maximum absolute atomic E-state index is 8.26. The lowest BCUT2D eigenvalue weighted by molar-refractivity contribution is 0.127. The summed E-state index contributed by atoms with van der Waals surface area (Å²) in [5.74, 6) is 0. The van der Waals surface area contributed by atoms with Crippen molar-refractivity contribution in [3.63, 3.8) is 0 Å². The fraction of sp³-hybridized carbons (Fsp3) is 1.00. The van der Waals surface area contributed by atoms with Gasteiger partial charge in [-0.15, -0.1) is 0 Å². The highest BCUT2D eigenvalue weighted by Gasteiger charge is 1.95. The summed E-state index contributed by atoms with van der Waals surface area (Å²) in [6.45, 7) is 6.59. The Morgan fingerprint density at radius 1 is 1.44 bits per heavy atom. The summed E-state index contributed by atoms with van der Waals surface area (Å²) in [4.78, 5) is 2.08. The van der Waals surface area contributed by atoms with Crippen molar-refractivity contribution in [2.75, 3.05) is 19.8 Å². The lowest BCUT2D eigenvalue weighted by Crippen LogP contribution is -2.26. The molecule has 3 nitrogen and oxygen atoms in total. The van der Waals surface area contributed by atoms with Gasteiger partial charge >= 0.3 is 7.69 Å². The quantitative estimate of drug-likeness (QED) is 0.405. The van der Waals surface area contributed by atoms with Crippen LogP contribution in [0.3, 0.4) is 0 Å². The zero-order chi connectivity index (χ0) is 7.11. The van der Waals surface area contributed by atoms with E-state index in [1.807, 2.05) is 0 Å². The molecule has 0 radical (unpaired) electrons. The first-order valence-electron chi connectivity index (χ1n) is 3.26. The van der Waals surface area contributed by atoms with Crippen LogP contribution in [-0.2, 0) is 4.65 Å². The molecule has 0 aromatic rings. The predicted molar refractivity (Wildman–Crippen MR) is 38.2 cm³/mol. The van der Waals surface area contributed by atoms with Gasteiger partial charge in [0.1, 0.15) is 0 Å². The van der Waals surface area contributed by atoms with Crippen LogP contribution in [0.5, 0.6) is 0 Å². The van der Waals surface area contributed by atoms with Gasteiger partial charge < -0.3 is 9.68 Å². The summed E-state index contributed by atoms with van der Waals surface area (Å²) >= 11 is 0. The average Bonchev–Trinajstić information content (AvgIpc) is 1.91. The minimum atomic E-state index is -0.184. The van der Waals surface area contributed by atoms with Crippen molar-refractivity contribution in [2.24, 2.45) is 0 Å². The zero-order valence-electron chi connectivity index (χ0n) is 6.13. The van der Waals surface area contributed by atoms with Crippen molar-refractivity contribution in [1.29, 1.82) is 0 Å². The maximum Gasteiger partial charge on any atom is 0.436 e. The molecule has 0 heterocycles. The molecule has 0 amide bonds. The third-order valence-electron chi connectivity index (χ3n) is 1.26. The molecule has 0 saturated carbocycles. The highest BCUT2D eigenvalue weighted by molar-refractivity contribution is 6.15. The lowest BCUT2D eigenvalue weighted by atomic mass is 10.4. The predicted octanol–water partition coefficient (Wildman–Crippen LogP) is -0.439. The normalized spacial score (nSPS) is 10.2. The molecule has 0 bridgehead atoms.